The Labute approximate surface area is 146 Å². The van der Waals surface area contributed by atoms with Crippen molar-refractivity contribution in [3.05, 3.63) is 71.8 Å². The van der Waals surface area contributed by atoms with E-state index < -0.39 is 0 Å². The van der Waals surface area contributed by atoms with E-state index in [-0.39, 0.29) is 11.8 Å². The lowest BCUT2D eigenvalue weighted by Gasteiger charge is -2.21. The molecule has 24 heavy (non-hydrogen) atoms. The molecule has 0 unspecified atom stereocenters. The topological polar surface area (TPSA) is 20.3 Å². The number of carbonyl (C=O) groups excluding carboxylic acids is 1. The first-order valence-electron chi connectivity index (χ1n) is 9.01. The SMILES string of the molecule is C1CCCCC1.CN(C)C(=O)C(c1ccccc1)c1ccccc1. The Morgan fingerprint density at radius 3 is 1.33 bits per heavy atom. The van der Waals surface area contributed by atoms with Crippen LogP contribution in [-0.2, 0) is 4.79 Å². The van der Waals surface area contributed by atoms with Crippen molar-refractivity contribution in [3.8, 4) is 0 Å². The van der Waals surface area contributed by atoms with Gasteiger partial charge < -0.3 is 4.90 Å². The molecule has 0 heterocycles. The summed E-state index contributed by atoms with van der Waals surface area (Å²) >= 11 is 0. The van der Waals surface area contributed by atoms with Crippen LogP contribution >= 0.6 is 0 Å². The van der Waals surface area contributed by atoms with Crippen LogP contribution in [-0.4, -0.2) is 24.9 Å². The van der Waals surface area contributed by atoms with Gasteiger partial charge in [0.15, 0.2) is 0 Å². The van der Waals surface area contributed by atoms with Crippen LogP contribution in [0, 0.1) is 0 Å². The molecule has 1 amide bonds. The van der Waals surface area contributed by atoms with E-state index in [1.165, 1.54) is 38.5 Å². The van der Waals surface area contributed by atoms with Gasteiger partial charge in [-0.05, 0) is 11.1 Å². The van der Waals surface area contributed by atoms with Crippen molar-refractivity contribution in [3.63, 3.8) is 0 Å². The lowest BCUT2D eigenvalue weighted by atomic mass is 9.90. The van der Waals surface area contributed by atoms with Gasteiger partial charge in [-0.3, -0.25) is 4.79 Å². The Balaban J connectivity index is 0.000000292. The van der Waals surface area contributed by atoms with E-state index in [0.717, 1.165) is 11.1 Å². The van der Waals surface area contributed by atoms with Crippen molar-refractivity contribution in [2.45, 2.75) is 44.4 Å². The zero-order valence-corrected chi connectivity index (χ0v) is 14.9. The van der Waals surface area contributed by atoms with E-state index in [2.05, 4.69) is 0 Å². The Morgan fingerprint density at radius 2 is 1.04 bits per heavy atom. The van der Waals surface area contributed by atoms with Crippen LogP contribution in [0.1, 0.15) is 55.6 Å². The molecule has 0 radical (unpaired) electrons. The fourth-order valence-electron chi connectivity index (χ4n) is 3.09. The van der Waals surface area contributed by atoms with Gasteiger partial charge >= 0.3 is 0 Å². The normalized spacial score (nSPS) is 13.8. The molecule has 0 bridgehead atoms. The van der Waals surface area contributed by atoms with Crippen molar-refractivity contribution in [1.82, 2.24) is 4.90 Å². The highest BCUT2D eigenvalue weighted by Crippen LogP contribution is 2.25. The van der Waals surface area contributed by atoms with Crippen LogP contribution in [0.15, 0.2) is 60.7 Å². The molecule has 2 aromatic carbocycles. The first-order chi connectivity index (χ1) is 11.7. The second-order valence-electron chi connectivity index (χ2n) is 6.61. The molecular formula is C22H29NO. The lowest BCUT2D eigenvalue weighted by Crippen LogP contribution is -2.28. The molecule has 0 atom stereocenters. The molecule has 1 saturated carbocycles. The highest BCUT2D eigenvalue weighted by Gasteiger charge is 2.23. The van der Waals surface area contributed by atoms with Crippen molar-refractivity contribution >= 4 is 5.91 Å². The molecule has 1 fully saturated rings. The quantitative estimate of drug-likeness (QED) is 0.755. The Hall–Kier alpha value is -2.09. The first kappa shape index (κ1) is 18.3. The smallest absolute Gasteiger partial charge is 0.234 e. The Kier molecular flexibility index (Phi) is 7.54. The van der Waals surface area contributed by atoms with E-state index >= 15 is 0 Å². The maximum absolute atomic E-state index is 12.4. The summed E-state index contributed by atoms with van der Waals surface area (Å²) in [6, 6.07) is 19.8. The van der Waals surface area contributed by atoms with Gasteiger partial charge in [-0.25, -0.2) is 0 Å². The van der Waals surface area contributed by atoms with Gasteiger partial charge in [-0.1, -0.05) is 99.2 Å². The van der Waals surface area contributed by atoms with Crippen molar-refractivity contribution in [1.29, 1.82) is 0 Å². The Morgan fingerprint density at radius 1 is 0.708 bits per heavy atom. The van der Waals surface area contributed by atoms with E-state index in [4.69, 9.17) is 0 Å². The molecular weight excluding hydrogens is 294 g/mol. The number of benzene rings is 2. The minimum absolute atomic E-state index is 0.104. The van der Waals surface area contributed by atoms with Gasteiger partial charge in [-0.15, -0.1) is 0 Å². The fraction of sp³-hybridized carbons (Fsp3) is 0.409. The van der Waals surface area contributed by atoms with Crippen molar-refractivity contribution in [2.24, 2.45) is 0 Å². The van der Waals surface area contributed by atoms with E-state index in [1.807, 2.05) is 60.7 Å². The average Bonchev–Trinajstić information content (AvgIpc) is 2.65. The maximum Gasteiger partial charge on any atom is 0.234 e. The third kappa shape index (κ3) is 5.52. The monoisotopic (exact) mass is 323 g/mol. The predicted octanol–water partition coefficient (Wildman–Crippen LogP) is 5.25. The van der Waals surface area contributed by atoms with Gasteiger partial charge in [-0.2, -0.15) is 0 Å². The van der Waals surface area contributed by atoms with Gasteiger partial charge in [0.05, 0.1) is 5.92 Å². The minimum atomic E-state index is -0.220. The molecule has 1 aliphatic rings. The van der Waals surface area contributed by atoms with E-state index in [9.17, 15) is 4.79 Å². The molecule has 0 saturated heterocycles. The number of carbonyl (C=O) groups is 1. The summed E-state index contributed by atoms with van der Waals surface area (Å²) in [5, 5.41) is 0. The van der Waals surface area contributed by atoms with Crippen LogP contribution in [0.4, 0.5) is 0 Å². The zero-order chi connectivity index (χ0) is 17.2. The largest absolute Gasteiger partial charge is 0.348 e. The number of hydrogen-bond donors (Lipinski definition) is 0. The van der Waals surface area contributed by atoms with Crippen LogP contribution in [0.3, 0.4) is 0 Å². The second kappa shape index (κ2) is 9.92. The number of amides is 1. The van der Waals surface area contributed by atoms with Gasteiger partial charge in [0.1, 0.15) is 0 Å². The number of rotatable bonds is 3. The summed E-state index contributed by atoms with van der Waals surface area (Å²) in [5.41, 5.74) is 2.06. The molecule has 0 N–H and O–H groups in total. The predicted molar refractivity (Wildman–Crippen MR) is 101 cm³/mol. The fourth-order valence-corrected chi connectivity index (χ4v) is 3.09. The van der Waals surface area contributed by atoms with E-state index in [0.29, 0.717) is 0 Å². The number of likely N-dealkylation sites (N-methyl/N-ethyl adjacent to an activating group) is 1. The molecule has 0 aromatic heterocycles. The minimum Gasteiger partial charge on any atom is -0.348 e. The molecule has 2 aromatic rings. The summed E-state index contributed by atoms with van der Waals surface area (Å²) in [5.74, 6) is -0.116. The molecule has 2 heteroatoms. The summed E-state index contributed by atoms with van der Waals surface area (Å²) in [6.45, 7) is 0. The summed E-state index contributed by atoms with van der Waals surface area (Å²) < 4.78 is 0. The number of nitrogens with zero attached hydrogens (tertiary/aromatic N) is 1. The van der Waals surface area contributed by atoms with Crippen LogP contribution in [0.2, 0.25) is 0 Å². The maximum atomic E-state index is 12.4. The molecule has 0 spiro atoms. The summed E-state index contributed by atoms with van der Waals surface area (Å²) in [6.07, 6.45) is 9.00. The van der Waals surface area contributed by atoms with Crippen LogP contribution in [0.25, 0.3) is 0 Å². The highest BCUT2D eigenvalue weighted by molar-refractivity contribution is 5.86. The summed E-state index contributed by atoms with van der Waals surface area (Å²) in [7, 11) is 3.59. The van der Waals surface area contributed by atoms with Gasteiger partial charge in [0.25, 0.3) is 0 Å². The average molecular weight is 323 g/mol. The first-order valence-corrected chi connectivity index (χ1v) is 9.01. The third-order valence-corrected chi connectivity index (χ3v) is 4.45. The molecule has 2 nitrogen and oxygen atoms in total. The Bertz CT molecular complexity index is 537. The van der Waals surface area contributed by atoms with Crippen LogP contribution < -0.4 is 0 Å². The van der Waals surface area contributed by atoms with Crippen LogP contribution in [0.5, 0.6) is 0 Å². The van der Waals surface area contributed by atoms with Crippen molar-refractivity contribution in [2.75, 3.05) is 14.1 Å². The number of hydrogen-bond acceptors (Lipinski definition) is 1. The zero-order valence-electron chi connectivity index (χ0n) is 14.9. The molecule has 128 valence electrons. The molecule has 0 aliphatic heterocycles. The summed E-state index contributed by atoms with van der Waals surface area (Å²) in [4.78, 5) is 14.0. The van der Waals surface area contributed by atoms with Crippen molar-refractivity contribution < 1.29 is 4.79 Å². The lowest BCUT2D eigenvalue weighted by molar-refractivity contribution is -0.129. The second-order valence-corrected chi connectivity index (χ2v) is 6.61. The van der Waals surface area contributed by atoms with Gasteiger partial charge in [0, 0.05) is 14.1 Å². The van der Waals surface area contributed by atoms with E-state index in [1.54, 1.807) is 19.0 Å². The highest BCUT2D eigenvalue weighted by atomic mass is 16.2. The molecule has 1 aliphatic carbocycles. The molecule has 3 rings (SSSR count). The standard InChI is InChI=1S/C16H17NO.C6H12/c1-17(2)16(18)15(13-9-5-3-6-10-13)14-11-7-4-8-12-14;1-2-4-6-5-3-1/h3-12,15H,1-2H3;1-6H2. The van der Waals surface area contributed by atoms with Gasteiger partial charge in [0.2, 0.25) is 5.91 Å². The third-order valence-electron chi connectivity index (χ3n) is 4.45.